The van der Waals surface area contributed by atoms with Gasteiger partial charge in [0.25, 0.3) is 0 Å². The fourth-order valence-corrected chi connectivity index (χ4v) is 2.39. The van der Waals surface area contributed by atoms with Crippen molar-refractivity contribution in [1.29, 1.82) is 0 Å². The predicted octanol–water partition coefficient (Wildman–Crippen LogP) is 5.00. The van der Waals surface area contributed by atoms with Crippen LogP contribution in [0.25, 0.3) is 21.9 Å². The molecule has 94 valence electrons. The summed E-state index contributed by atoms with van der Waals surface area (Å²) < 4.78 is 14.0. The molecule has 0 aromatic heterocycles. The molecule has 0 fully saturated rings. The molecule has 3 rings (SSSR count). The summed E-state index contributed by atoms with van der Waals surface area (Å²) in [6, 6.07) is 15.4. The maximum absolute atomic E-state index is 14.0. The first kappa shape index (κ1) is 12.0. The van der Waals surface area contributed by atoms with Crippen LogP contribution in [0.2, 0.25) is 5.02 Å². The first-order valence-electron chi connectivity index (χ1n) is 5.83. The summed E-state index contributed by atoms with van der Waals surface area (Å²) in [6.07, 6.45) is 0. The Hall–Kier alpha value is -2.06. The summed E-state index contributed by atoms with van der Waals surface area (Å²) in [5.41, 5.74) is 0.839. The molecule has 0 radical (unpaired) electrons. The lowest BCUT2D eigenvalue weighted by molar-refractivity contribution is 0.477. The lowest BCUT2D eigenvalue weighted by Crippen LogP contribution is -1.87. The van der Waals surface area contributed by atoms with E-state index >= 15 is 0 Å². The van der Waals surface area contributed by atoms with E-state index in [1.807, 2.05) is 30.3 Å². The van der Waals surface area contributed by atoms with Gasteiger partial charge in [-0.2, -0.15) is 0 Å². The van der Waals surface area contributed by atoms with Gasteiger partial charge in [0.1, 0.15) is 11.6 Å². The molecule has 0 bridgehead atoms. The van der Waals surface area contributed by atoms with Crippen LogP contribution in [-0.2, 0) is 0 Å². The minimum atomic E-state index is -0.445. The van der Waals surface area contributed by atoms with E-state index in [9.17, 15) is 9.50 Å². The summed E-state index contributed by atoms with van der Waals surface area (Å²) >= 11 is 5.76. The molecule has 3 heteroatoms. The van der Waals surface area contributed by atoms with Crippen molar-refractivity contribution in [2.75, 3.05) is 0 Å². The Morgan fingerprint density at radius 1 is 0.947 bits per heavy atom. The van der Waals surface area contributed by atoms with E-state index < -0.39 is 5.82 Å². The highest BCUT2D eigenvalue weighted by Gasteiger charge is 2.13. The maximum atomic E-state index is 14.0. The summed E-state index contributed by atoms with van der Waals surface area (Å²) in [6.45, 7) is 0. The van der Waals surface area contributed by atoms with Crippen molar-refractivity contribution < 1.29 is 9.50 Å². The van der Waals surface area contributed by atoms with Crippen LogP contribution in [0.4, 0.5) is 4.39 Å². The number of rotatable bonds is 1. The summed E-state index contributed by atoms with van der Waals surface area (Å²) in [7, 11) is 0. The smallest absolute Gasteiger partial charge is 0.132 e. The third-order valence-corrected chi connectivity index (χ3v) is 3.34. The molecule has 19 heavy (non-hydrogen) atoms. The largest absolute Gasteiger partial charge is 0.507 e. The summed E-state index contributed by atoms with van der Waals surface area (Å²) in [5, 5.41) is 12.1. The van der Waals surface area contributed by atoms with Gasteiger partial charge >= 0.3 is 0 Å². The van der Waals surface area contributed by atoms with Crippen LogP contribution in [0.1, 0.15) is 0 Å². The van der Waals surface area contributed by atoms with Crippen LogP contribution in [0.5, 0.6) is 5.75 Å². The van der Waals surface area contributed by atoms with Gasteiger partial charge in [0, 0.05) is 16.1 Å². The number of hydrogen-bond acceptors (Lipinski definition) is 1. The Morgan fingerprint density at radius 3 is 2.53 bits per heavy atom. The normalized spacial score (nSPS) is 10.8. The summed E-state index contributed by atoms with van der Waals surface area (Å²) in [4.78, 5) is 0. The molecule has 3 aromatic rings. The van der Waals surface area contributed by atoms with Gasteiger partial charge in [0.2, 0.25) is 0 Å². The van der Waals surface area contributed by atoms with E-state index in [-0.39, 0.29) is 5.75 Å². The molecule has 1 N–H and O–H groups in total. The fraction of sp³-hybridized carbons (Fsp3) is 0. The van der Waals surface area contributed by atoms with Crippen LogP contribution in [0.3, 0.4) is 0 Å². The van der Waals surface area contributed by atoms with Gasteiger partial charge in [-0.15, -0.1) is 0 Å². The highest BCUT2D eigenvalue weighted by Crippen LogP contribution is 2.38. The average molecular weight is 273 g/mol. The molecule has 0 spiro atoms. The fourth-order valence-electron chi connectivity index (χ4n) is 2.24. The highest BCUT2D eigenvalue weighted by molar-refractivity contribution is 6.30. The average Bonchev–Trinajstić information content (AvgIpc) is 2.40. The Bertz CT molecular complexity index is 768. The monoisotopic (exact) mass is 272 g/mol. The Balaban J connectivity index is 2.38. The van der Waals surface area contributed by atoms with Crippen LogP contribution in [-0.4, -0.2) is 5.11 Å². The number of aromatic hydroxyl groups is 1. The first-order valence-corrected chi connectivity index (χ1v) is 6.21. The predicted molar refractivity (Wildman–Crippen MR) is 76.0 cm³/mol. The molecular formula is C16H10ClFO. The molecule has 0 unspecified atom stereocenters. The van der Waals surface area contributed by atoms with Gasteiger partial charge < -0.3 is 5.11 Å². The standard InChI is InChI=1S/C16H10ClFO/c17-11-6-7-13(14(18)9-11)16-12-4-2-1-3-10(12)5-8-15(16)19/h1-9,19H. The minimum absolute atomic E-state index is 0.0555. The second kappa shape index (κ2) is 4.56. The van der Waals surface area contributed by atoms with E-state index in [2.05, 4.69) is 0 Å². The quantitative estimate of drug-likeness (QED) is 0.660. The number of phenolic OH excluding ortho intramolecular Hbond substituents is 1. The number of fused-ring (bicyclic) bond motifs is 1. The van der Waals surface area contributed by atoms with Crippen molar-refractivity contribution in [2.24, 2.45) is 0 Å². The van der Waals surface area contributed by atoms with Gasteiger partial charge in [-0.05, 0) is 35.0 Å². The number of hydrogen-bond donors (Lipinski definition) is 1. The molecule has 0 amide bonds. The second-order valence-electron chi connectivity index (χ2n) is 4.30. The van der Waals surface area contributed by atoms with E-state index in [0.717, 1.165) is 10.8 Å². The molecule has 0 aliphatic rings. The van der Waals surface area contributed by atoms with Crippen LogP contribution in [0, 0.1) is 5.82 Å². The van der Waals surface area contributed by atoms with Gasteiger partial charge in [0.05, 0.1) is 0 Å². The van der Waals surface area contributed by atoms with Crippen LogP contribution < -0.4 is 0 Å². The zero-order chi connectivity index (χ0) is 13.4. The Morgan fingerprint density at radius 2 is 1.74 bits per heavy atom. The molecule has 0 heterocycles. The lowest BCUT2D eigenvalue weighted by atomic mass is 9.97. The first-order chi connectivity index (χ1) is 9.16. The van der Waals surface area contributed by atoms with Crippen molar-refractivity contribution in [3.8, 4) is 16.9 Å². The van der Waals surface area contributed by atoms with Gasteiger partial charge in [-0.25, -0.2) is 4.39 Å². The van der Waals surface area contributed by atoms with Crippen molar-refractivity contribution in [3.63, 3.8) is 0 Å². The van der Waals surface area contributed by atoms with Crippen molar-refractivity contribution >= 4 is 22.4 Å². The molecule has 3 aromatic carbocycles. The molecule has 0 saturated heterocycles. The zero-order valence-electron chi connectivity index (χ0n) is 9.90. The number of halogens is 2. The Kier molecular flexibility index (Phi) is 2.88. The van der Waals surface area contributed by atoms with E-state index in [1.165, 1.54) is 6.07 Å². The van der Waals surface area contributed by atoms with E-state index in [0.29, 0.717) is 16.1 Å². The van der Waals surface area contributed by atoms with Gasteiger partial charge in [0.15, 0.2) is 0 Å². The van der Waals surface area contributed by atoms with E-state index in [1.54, 1.807) is 18.2 Å². The molecule has 0 saturated carbocycles. The van der Waals surface area contributed by atoms with Crippen molar-refractivity contribution in [1.82, 2.24) is 0 Å². The Labute approximate surface area is 114 Å². The van der Waals surface area contributed by atoms with Gasteiger partial charge in [-0.3, -0.25) is 0 Å². The number of benzene rings is 3. The minimum Gasteiger partial charge on any atom is -0.507 e. The summed E-state index contributed by atoms with van der Waals surface area (Å²) in [5.74, 6) is -0.390. The maximum Gasteiger partial charge on any atom is 0.132 e. The second-order valence-corrected chi connectivity index (χ2v) is 4.74. The third kappa shape index (κ3) is 2.04. The zero-order valence-corrected chi connectivity index (χ0v) is 10.7. The molecule has 0 atom stereocenters. The number of phenols is 1. The van der Waals surface area contributed by atoms with Crippen molar-refractivity contribution in [2.45, 2.75) is 0 Å². The van der Waals surface area contributed by atoms with Crippen LogP contribution >= 0.6 is 11.6 Å². The molecule has 0 aliphatic heterocycles. The molecule has 0 aliphatic carbocycles. The third-order valence-electron chi connectivity index (χ3n) is 3.11. The van der Waals surface area contributed by atoms with Gasteiger partial charge in [-0.1, -0.05) is 41.9 Å². The lowest BCUT2D eigenvalue weighted by Gasteiger charge is -2.10. The topological polar surface area (TPSA) is 20.2 Å². The van der Waals surface area contributed by atoms with E-state index in [4.69, 9.17) is 11.6 Å². The SMILES string of the molecule is Oc1ccc2ccccc2c1-c1ccc(Cl)cc1F. The van der Waals surface area contributed by atoms with Crippen LogP contribution in [0.15, 0.2) is 54.6 Å². The molecular weight excluding hydrogens is 263 g/mol. The van der Waals surface area contributed by atoms with Crippen molar-refractivity contribution in [3.05, 3.63) is 65.4 Å². The highest BCUT2D eigenvalue weighted by atomic mass is 35.5. The molecule has 1 nitrogen and oxygen atoms in total.